The maximum atomic E-state index is 13.8. The van der Waals surface area contributed by atoms with Crippen LogP contribution in [0.2, 0.25) is 0 Å². The zero-order chi connectivity index (χ0) is 31.6. The molecule has 1 aliphatic heterocycles. The number of carbonyl (C=O) groups excluding carboxylic acids is 3. The largest absolute Gasteiger partial charge is 0.507 e. The standard InChI is InChI=1S/C35H43NO8/c1-22(31(38)36-27-13-9-8-12-24(27)19-29(36)44-33(40)41)18-25(15-14-23-10-6-5-7-11-23)32(39)42-21-30(37)43-28-20-26-16-17-35(28,4)34(26,2)3/h5-13,22,25-26,28-29H,14-21H2,1-4H3,(H,40,41)/t22-,25-,26?,28?,29+,35?/m1/s1. The van der Waals surface area contributed by atoms with Gasteiger partial charge in [0.1, 0.15) is 6.10 Å². The second-order valence-electron chi connectivity index (χ2n) is 13.4. The Kier molecular flexibility index (Phi) is 9.05. The van der Waals surface area contributed by atoms with Crippen LogP contribution in [0.3, 0.4) is 0 Å². The number of ether oxygens (including phenoxy) is 3. The van der Waals surface area contributed by atoms with Crippen LogP contribution in [0, 0.1) is 28.6 Å². The van der Waals surface area contributed by atoms with Crippen LogP contribution in [-0.4, -0.2) is 48.0 Å². The highest BCUT2D eigenvalue weighted by molar-refractivity contribution is 5.97. The van der Waals surface area contributed by atoms with Gasteiger partial charge in [-0.3, -0.25) is 14.5 Å². The summed E-state index contributed by atoms with van der Waals surface area (Å²) in [6.07, 6.45) is 1.74. The van der Waals surface area contributed by atoms with Crippen molar-refractivity contribution in [2.45, 2.75) is 85.0 Å². The molecule has 1 heterocycles. The number of para-hydroxylation sites is 1. The number of hydrogen-bond acceptors (Lipinski definition) is 7. The van der Waals surface area contributed by atoms with Gasteiger partial charge in [0, 0.05) is 17.8 Å². The molecule has 2 saturated carbocycles. The van der Waals surface area contributed by atoms with Crippen molar-refractivity contribution in [3.8, 4) is 0 Å². The molecule has 3 unspecified atom stereocenters. The summed E-state index contributed by atoms with van der Waals surface area (Å²) in [4.78, 5) is 52.8. The number of amides is 1. The molecule has 0 saturated heterocycles. The van der Waals surface area contributed by atoms with Crippen LogP contribution in [0.25, 0.3) is 0 Å². The third-order valence-corrected chi connectivity index (χ3v) is 10.7. The highest BCUT2D eigenvalue weighted by atomic mass is 16.7. The Hall–Kier alpha value is -3.88. The number of anilines is 1. The molecule has 9 heteroatoms. The molecule has 9 nitrogen and oxygen atoms in total. The molecular weight excluding hydrogens is 562 g/mol. The first-order valence-electron chi connectivity index (χ1n) is 15.6. The summed E-state index contributed by atoms with van der Waals surface area (Å²) in [5, 5.41) is 9.29. The van der Waals surface area contributed by atoms with Crippen LogP contribution < -0.4 is 4.90 Å². The molecule has 0 radical (unpaired) electrons. The molecule has 2 bridgehead atoms. The van der Waals surface area contributed by atoms with Crippen LogP contribution >= 0.6 is 0 Å². The van der Waals surface area contributed by atoms with E-state index >= 15 is 0 Å². The van der Waals surface area contributed by atoms with E-state index in [1.165, 1.54) is 4.90 Å². The molecule has 0 spiro atoms. The topological polar surface area (TPSA) is 119 Å². The monoisotopic (exact) mass is 605 g/mol. The molecule has 44 heavy (non-hydrogen) atoms. The van der Waals surface area contributed by atoms with Crippen molar-refractivity contribution < 1.29 is 38.5 Å². The molecule has 2 aromatic carbocycles. The number of esters is 2. The van der Waals surface area contributed by atoms with Crippen molar-refractivity contribution >= 4 is 29.7 Å². The highest BCUT2D eigenvalue weighted by Crippen LogP contribution is 2.66. The summed E-state index contributed by atoms with van der Waals surface area (Å²) in [6, 6.07) is 16.9. The second kappa shape index (κ2) is 12.6. The van der Waals surface area contributed by atoms with Gasteiger partial charge in [0.05, 0.1) is 11.6 Å². The maximum absolute atomic E-state index is 13.8. The number of carbonyl (C=O) groups is 4. The van der Waals surface area contributed by atoms with Gasteiger partial charge in [-0.1, -0.05) is 76.2 Å². The van der Waals surface area contributed by atoms with Gasteiger partial charge in [0.2, 0.25) is 5.91 Å². The van der Waals surface area contributed by atoms with E-state index in [1.807, 2.05) is 42.5 Å². The van der Waals surface area contributed by atoms with Crippen molar-refractivity contribution in [3.05, 3.63) is 65.7 Å². The number of nitrogens with zero attached hydrogens (tertiary/aromatic N) is 1. The predicted molar refractivity (Wildman–Crippen MR) is 163 cm³/mol. The van der Waals surface area contributed by atoms with Crippen LogP contribution in [0.5, 0.6) is 0 Å². The molecule has 2 fully saturated rings. The lowest BCUT2D eigenvalue weighted by atomic mass is 9.70. The van der Waals surface area contributed by atoms with Gasteiger partial charge in [-0.15, -0.1) is 0 Å². The third-order valence-electron chi connectivity index (χ3n) is 10.7. The summed E-state index contributed by atoms with van der Waals surface area (Å²) in [7, 11) is 0. The Bertz CT molecular complexity index is 1390. The molecule has 6 atom stereocenters. The van der Waals surface area contributed by atoms with Crippen LogP contribution in [0.4, 0.5) is 10.5 Å². The molecule has 5 rings (SSSR count). The average molecular weight is 606 g/mol. The Labute approximate surface area is 258 Å². The number of carboxylic acid groups (broad SMARTS) is 1. The lowest BCUT2D eigenvalue weighted by Gasteiger charge is -2.38. The minimum atomic E-state index is -1.47. The van der Waals surface area contributed by atoms with Crippen molar-refractivity contribution in [2.24, 2.45) is 28.6 Å². The highest BCUT2D eigenvalue weighted by Gasteiger charge is 2.62. The number of hydrogen-bond donors (Lipinski definition) is 1. The van der Waals surface area contributed by atoms with Crippen LogP contribution in [-0.2, 0) is 41.4 Å². The first kappa shape index (κ1) is 31.5. The summed E-state index contributed by atoms with van der Waals surface area (Å²) < 4.78 is 16.5. The molecule has 3 aliphatic rings. The molecule has 1 amide bonds. The molecule has 0 aromatic heterocycles. The fourth-order valence-electron chi connectivity index (χ4n) is 7.66. The zero-order valence-corrected chi connectivity index (χ0v) is 26.0. The fraction of sp³-hybridized carbons (Fsp3) is 0.543. The van der Waals surface area contributed by atoms with E-state index in [0.29, 0.717) is 24.4 Å². The molecule has 236 valence electrons. The predicted octanol–water partition coefficient (Wildman–Crippen LogP) is 6.17. The minimum absolute atomic E-state index is 0.0875. The van der Waals surface area contributed by atoms with Crippen molar-refractivity contribution in [1.82, 2.24) is 0 Å². The first-order chi connectivity index (χ1) is 20.9. The summed E-state index contributed by atoms with van der Waals surface area (Å²) in [5.74, 6) is -2.27. The van der Waals surface area contributed by atoms with Gasteiger partial charge >= 0.3 is 18.1 Å². The van der Waals surface area contributed by atoms with E-state index in [-0.39, 0.29) is 35.7 Å². The Morgan fingerprint density at radius 3 is 2.36 bits per heavy atom. The Balaban J connectivity index is 1.25. The number of benzene rings is 2. The van der Waals surface area contributed by atoms with Crippen LogP contribution in [0.1, 0.15) is 70.9 Å². The Morgan fingerprint density at radius 1 is 1.00 bits per heavy atom. The molecule has 2 aromatic rings. The van der Waals surface area contributed by atoms with Crippen molar-refractivity contribution in [1.29, 1.82) is 0 Å². The van der Waals surface area contributed by atoms with Gasteiger partial charge in [-0.2, -0.15) is 0 Å². The van der Waals surface area contributed by atoms with E-state index in [0.717, 1.165) is 30.4 Å². The van der Waals surface area contributed by atoms with Crippen molar-refractivity contribution in [3.63, 3.8) is 0 Å². The normalized spacial score (nSPS) is 26.0. The molecular formula is C35H43NO8. The van der Waals surface area contributed by atoms with Crippen LogP contribution in [0.15, 0.2) is 54.6 Å². The minimum Gasteiger partial charge on any atom is -0.459 e. The maximum Gasteiger partial charge on any atom is 0.507 e. The summed E-state index contributed by atoms with van der Waals surface area (Å²) in [5.41, 5.74) is 2.44. The molecule has 2 aliphatic carbocycles. The van der Waals surface area contributed by atoms with Crippen molar-refractivity contribution in [2.75, 3.05) is 11.5 Å². The molecule has 1 N–H and O–H groups in total. The zero-order valence-electron chi connectivity index (χ0n) is 26.0. The SMILES string of the molecule is C[C@H](C[C@@H](CCc1ccccc1)C(=O)OCC(=O)OC1CC2CCC1(C)C2(C)C)C(=O)N1c2ccccc2C[C@@H]1OC(=O)O. The van der Waals surface area contributed by atoms with E-state index in [4.69, 9.17) is 14.2 Å². The fourth-order valence-corrected chi connectivity index (χ4v) is 7.66. The number of aryl methyl sites for hydroxylation is 1. The first-order valence-corrected chi connectivity index (χ1v) is 15.6. The van der Waals surface area contributed by atoms with E-state index in [1.54, 1.807) is 19.1 Å². The van der Waals surface area contributed by atoms with Gasteiger partial charge in [-0.25, -0.2) is 9.59 Å². The van der Waals surface area contributed by atoms with Gasteiger partial charge in [0.25, 0.3) is 0 Å². The smallest absolute Gasteiger partial charge is 0.459 e. The number of rotatable bonds is 11. The lowest BCUT2D eigenvalue weighted by Crippen LogP contribution is -2.44. The van der Waals surface area contributed by atoms with E-state index < -0.39 is 42.8 Å². The van der Waals surface area contributed by atoms with Gasteiger partial charge in [0.15, 0.2) is 12.8 Å². The number of fused-ring (bicyclic) bond motifs is 3. The lowest BCUT2D eigenvalue weighted by molar-refractivity contribution is -0.169. The van der Waals surface area contributed by atoms with Gasteiger partial charge in [-0.05, 0) is 67.1 Å². The van der Waals surface area contributed by atoms with E-state index in [9.17, 15) is 24.3 Å². The third kappa shape index (κ3) is 6.19. The summed E-state index contributed by atoms with van der Waals surface area (Å²) >= 11 is 0. The Morgan fingerprint density at radius 2 is 1.70 bits per heavy atom. The van der Waals surface area contributed by atoms with Gasteiger partial charge < -0.3 is 19.3 Å². The van der Waals surface area contributed by atoms with E-state index in [2.05, 4.69) is 20.8 Å². The quantitative estimate of drug-likeness (QED) is 0.239. The summed E-state index contributed by atoms with van der Waals surface area (Å²) in [6.45, 7) is 7.92. The average Bonchev–Trinajstić information content (AvgIpc) is 3.52. The second-order valence-corrected chi connectivity index (χ2v) is 13.4.